The number of benzene rings is 1. The van der Waals surface area contributed by atoms with E-state index in [1.165, 1.54) is 12.1 Å². The van der Waals surface area contributed by atoms with Crippen LogP contribution in [0.15, 0.2) is 22.6 Å². The van der Waals surface area contributed by atoms with E-state index in [1.54, 1.807) is 17.9 Å². The molecular formula is C19H24FN3O3. The number of nitrogens with one attached hydrogen (secondary N) is 1. The third-order valence-corrected chi connectivity index (χ3v) is 4.57. The van der Waals surface area contributed by atoms with Gasteiger partial charge in [-0.15, -0.1) is 0 Å². The highest BCUT2D eigenvalue weighted by molar-refractivity contribution is 5.99. The van der Waals surface area contributed by atoms with Gasteiger partial charge in [-0.3, -0.25) is 14.5 Å². The van der Waals surface area contributed by atoms with E-state index in [9.17, 15) is 14.0 Å². The summed E-state index contributed by atoms with van der Waals surface area (Å²) in [6, 6.07) is 4.36. The Morgan fingerprint density at radius 3 is 2.58 bits per heavy atom. The zero-order valence-corrected chi connectivity index (χ0v) is 15.3. The van der Waals surface area contributed by atoms with Gasteiger partial charge in [0.1, 0.15) is 11.4 Å². The second kappa shape index (κ2) is 7.45. The summed E-state index contributed by atoms with van der Waals surface area (Å²) in [6.45, 7) is 8.27. The van der Waals surface area contributed by atoms with E-state index < -0.39 is 0 Å². The lowest BCUT2D eigenvalue weighted by Gasteiger charge is -2.34. The van der Waals surface area contributed by atoms with Crippen LogP contribution in [0.4, 0.5) is 4.39 Å². The summed E-state index contributed by atoms with van der Waals surface area (Å²) in [5.74, 6) is -0.286. The first-order valence-corrected chi connectivity index (χ1v) is 8.85. The maximum Gasteiger partial charge on any atom is 0.289 e. The fourth-order valence-electron chi connectivity index (χ4n) is 3.22. The van der Waals surface area contributed by atoms with Crippen LogP contribution in [-0.2, 0) is 4.79 Å². The van der Waals surface area contributed by atoms with Gasteiger partial charge in [0.05, 0.1) is 6.54 Å². The molecule has 2 heterocycles. The van der Waals surface area contributed by atoms with Crippen LogP contribution in [0.2, 0.25) is 0 Å². The SMILES string of the molecule is Cc1c(C(=O)N2CCN(CC(=O)NC(C)C)CC2)oc2ccc(F)cc12. The van der Waals surface area contributed by atoms with Crippen molar-refractivity contribution in [3.05, 3.63) is 35.3 Å². The average molecular weight is 361 g/mol. The molecule has 0 saturated carbocycles. The maximum absolute atomic E-state index is 13.4. The smallest absolute Gasteiger partial charge is 0.289 e. The molecule has 0 unspecified atom stereocenters. The standard InChI is InChI=1S/C19H24FN3O3/c1-12(2)21-17(24)11-22-6-8-23(9-7-22)19(25)18-13(3)15-10-14(20)4-5-16(15)26-18/h4-5,10,12H,6-9,11H2,1-3H3,(H,21,24). The molecule has 6 nitrogen and oxygen atoms in total. The van der Waals surface area contributed by atoms with Gasteiger partial charge in [0.2, 0.25) is 5.91 Å². The normalized spacial score (nSPS) is 15.7. The molecule has 1 N–H and O–H groups in total. The molecule has 2 amide bonds. The Balaban J connectivity index is 1.64. The van der Waals surface area contributed by atoms with Gasteiger partial charge in [-0.2, -0.15) is 0 Å². The van der Waals surface area contributed by atoms with Crippen LogP contribution >= 0.6 is 0 Å². The number of rotatable bonds is 4. The maximum atomic E-state index is 13.4. The highest BCUT2D eigenvalue weighted by Crippen LogP contribution is 2.27. The summed E-state index contributed by atoms with van der Waals surface area (Å²) in [7, 11) is 0. The first kappa shape index (κ1) is 18.4. The van der Waals surface area contributed by atoms with Crippen molar-refractivity contribution < 1.29 is 18.4 Å². The molecule has 2 aromatic rings. The Kier molecular flexibility index (Phi) is 5.27. The Bertz CT molecular complexity index is 823. The molecule has 1 aliphatic rings. The minimum atomic E-state index is -0.353. The van der Waals surface area contributed by atoms with Crippen molar-refractivity contribution in [1.29, 1.82) is 0 Å². The third kappa shape index (κ3) is 3.88. The molecule has 7 heteroatoms. The molecular weight excluding hydrogens is 337 g/mol. The van der Waals surface area contributed by atoms with Crippen LogP contribution in [-0.4, -0.2) is 60.4 Å². The number of aryl methyl sites for hydroxylation is 1. The number of carbonyl (C=O) groups excluding carboxylic acids is 2. The highest BCUT2D eigenvalue weighted by Gasteiger charge is 2.27. The van der Waals surface area contributed by atoms with Gasteiger partial charge < -0.3 is 14.6 Å². The fourth-order valence-corrected chi connectivity index (χ4v) is 3.22. The first-order chi connectivity index (χ1) is 12.3. The van der Waals surface area contributed by atoms with Crippen molar-refractivity contribution in [2.75, 3.05) is 32.7 Å². The number of fused-ring (bicyclic) bond motifs is 1. The van der Waals surface area contributed by atoms with Crippen molar-refractivity contribution in [2.24, 2.45) is 0 Å². The molecule has 1 aliphatic heterocycles. The number of piperazine rings is 1. The predicted molar refractivity (Wildman–Crippen MR) is 96.5 cm³/mol. The number of furan rings is 1. The molecule has 140 valence electrons. The lowest BCUT2D eigenvalue weighted by atomic mass is 10.1. The van der Waals surface area contributed by atoms with Crippen LogP contribution in [0.25, 0.3) is 11.0 Å². The van der Waals surface area contributed by atoms with Crippen LogP contribution < -0.4 is 5.32 Å². The Morgan fingerprint density at radius 1 is 1.23 bits per heavy atom. The fraction of sp³-hybridized carbons (Fsp3) is 0.474. The van der Waals surface area contributed by atoms with Crippen LogP contribution in [0.1, 0.15) is 30.0 Å². The van der Waals surface area contributed by atoms with E-state index >= 15 is 0 Å². The summed E-state index contributed by atoms with van der Waals surface area (Å²) >= 11 is 0. The molecule has 1 saturated heterocycles. The molecule has 0 radical (unpaired) electrons. The summed E-state index contributed by atoms with van der Waals surface area (Å²) in [5, 5.41) is 3.49. The van der Waals surface area contributed by atoms with Gasteiger partial charge in [0.15, 0.2) is 5.76 Å². The second-order valence-electron chi connectivity index (χ2n) is 6.99. The first-order valence-electron chi connectivity index (χ1n) is 8.85. The van der Waals surface area contributed by atoms with Crippen LogP contribution in [0, 0.1) is 12.7 Å². The molecule has 1 aromatic heterocycles. The Hall–Kier alpha value is -2.41. The van der Waals surface area contributed by atoms with E-state index in [0.717, 1.165) is 0 Å². The van der Waals surface area contributed by atoms with Crippen molar-refractivity contribution in [1.82, 2.24) is 15.1 Å². The highest BCUT2D eigenvalue weighted by atomic mass is 19.1. The predicted octanol–water partition coefficient (Wildman–Crippen LogP) is 2.16. The quantitative estimate of drug-likeness (QED) is 0.906. The summed E-state index contributed by atoms with van der Waals surface area (Å²) in [6.07, 6.45) is 0. The van der Waals surface area contributed by atoms with Crippen LogP contribution in [0.3, 0.4) is 0 Å². The molecule has 0 spiro atoms. The van der Waals surface area contributed by atoms with Gasteiger partial charge >= 0.3 is 0 Å². The van der Waals surface area contributed by atoms with Gasteiger partial charge in [0.25, 0.3) is 5.91 Å². The van der Waals surface area contributed by atoms with Gasteiger partial charge in [0, 0.05) is 43.2 Å². The zero-order valence-electron chi connectivity index (χ0n) is 15.3. The largest absolute Gasteiger partial charge is 0.451 e. The minimum absolute atomic E-state index is 0.00469. The summed E-state index contributed by atoms with van der Waals surface area (Å²) in [4.78, 5) is 28.4. The van der Waals surface area contributed by atoms with Crippen molar-refractivity contribution in [3.63, 3.8) is 0 Å². The number of hydrogen-bond acceptors (Lipinski definition) is 4. The van der Waals surface area contributed by atoms with Gasteiger partial charge in [-0.25, -0.2) is 4.39 Å². The second-order valence-corrected chi connectivity index (χ2v) is 6.99. The molecule has 1 aromatic carbocycles. The molecule has 0 atom stereocenters. The van der Waals surface area contributed by atoms with Crippen molar-refractivity contribution in [3.8, 4) is 0 Å². The average Bonchev–Trinajstić information content (AvgIpc) is 2.90. The van der Waals surface area contributed by atoms with E-state index in [-0.39, 0.29) is 29.4 Å². The minimum Gasteiger partial charge on any atom is -0.451 e. The lowest BCUT2D eigenvalue weighted by Crippen LogP contribution is -2.51. The third-order valence-electron chi connectivity index (χ3n) is 4.57. The molecule has 0 aliphatic carbocycles. The number of hydrogen-bond donors (Lipinski definition) is 1. The van der Waals surface area contributed by atoms with E-state index in [1.807, 2.05) is 18.7 Å². The molecule has 0 bridgehead atoms. The Labute approximate surface area is 151 Å². The van der Waals surface area contributed by atoms with Gasteiger partial charge in [-0.05, 0) is 39.0 Å². The molecule has 26 heavy (non-hydrogen) atoms. The number of halogens is 1. The van der Waals surface area contributed by atoms with Gasteiger partial charge in [-0.1, -0.05) is 0 Å². The monoisotopic (exact) mass is 361 g/mol. The van der Waals surface area contributed by atoms with E-state index in [4.69, 9.17) is 4.42 Å². The Morgan fingerprint density at radius 2 is 1.92 bits per heavy atom. The topological polar surface area (TPSA) is 65.8 Å². The molecule has 1 fully saturated rings. The zero-order chi connectivity index (χ0) is 18.8. The summed E-state index contributed by atoms with van der Waals surface area (Å²) in [5.41, 5.74) is 1.17. The van der Waals surface area contributed by atoms with Crippen molar-refractivity contribution >= 4 is 22.8 Å². The summed E-state index contributed by atoms with van der Waals surface area (Å²) < 4.78 is 19.1. The van der Waals surface area contributed by atoms with E-state index in [0.29, 0.717) is 49.3 Å². The van der Waals surface area contributed by atoms with E-state index in [2.05, 4.69) is 5.32 Å². The number of amides is 2. The number of carbonyl (C=O) groups is 2. The molecule has 3 rings (SSSR count). The van der Waals surface area contributed by atoms with Crippen molar-refractivity contribution in [2.45, 2.75) is 26.8 Å². The van der Waals surface area contributed by atoms with Crippen LogP contribution in [0.5, 0.6) is 0 Å². The lowest BCUT2D eigenvalue weighted by molar-refractivity contribution is -0.123. The number of nitrogens with zero attached hydrogens (tertiary/aromatic N) is 2.